The lowest BCUT2D eigenvalue weighted by molar-refractivity contribution is -0.122. The Morgan fingerprint density at radius 2 is 1.87 bits per heavy atom. The minimum absolute atomic E-state index is 0.150. The third kappa shape index (κ3) is 1.72. The van der Waals surface area contributed by atoms with Gasteiger partial charge in [0.15, 0.2) is 5.82 Å². The first-order chi connectivity index (χ1) is 6.78. The van der Waals surface area contributed by atoms with Crippen LogP contribution in [0.3, 0.4) is 0 Å². The van der Waals surface area contributed by atoms with Crippen LogP contribution in [0, 0.1) is 5.82 Å². The third-order valence-corrected chi connectivity index (χ3v) is 2.50. The van der Waals surface area contributed by atoms with Crippen LogP contribution in [-0.2, 0) is 10.2 Å². The van der Waals surface area contributed by atoms with E-state index in [2.05, 4.69) is 0 Å². The first kappa shape index (κ1) is 11.3. The molecule has 0 aromatic heterocycles. The second kappa shape index (κ2) is 3.42. The predicted molar refractivity (Wildman–Crippen MR) is 57.4 cm³/mol. The van der Waals surface area contributed by atoms with Gasteiger partial charge < -0.3 is 17.2 Å². The lowest BCUT2D eigenvalue weighted by Crippen LogP contribution is -2.36. The summed E-state index contributed by atoms with van der Waals surface area (Å²) in [6, 6.07) is 2.88. The van der Waals surface area contributed by atoms with E-state index in [9.17, 15) is 9.18 Å². The smallest absolute Gasteiger partial charge is 0.227 e. The van der Waals surface area contributed by atoms with Crippen LogP contribution in [0.25, 0.3) is 0 Å². The zero-order valence-electron chi connectivity index (χ0n) is 8.67. The Kier molecular flexibility index (Phi) is 2.57. The van der Waals surface area contributed by atoms with Crippen molar-refractivity contribution in [3.63, 3.8) is 0 Å². The molecule has 0 spiro atoms. The van der Waals surface area contributed by atoms with Gasteiger partial charge in [0, 0.05) is 5.56 Å². The summed E-state index contributed by atoms with van der Waals surface area (Å²) in [6.45, 7) is 3.06. The van der Waals surface area contributed by atoms with Crippen molar-refractivity contribution in [2.75, 3.05) is 11.5 Å². The number of rotatable bonds is 2. The Morgan fingerprint density at radius 3 is 2.33 bits per heavy atom. The average molecular weight is 211 g/mol. The minimum Gasteiger partial charge on any atom is -0.397 e. The number of halogens is 1. The lowest BCUT2D eigenvalue weighted by Gasteiger charge is -2.22. The number of hydrogen-bond donors (Lipinski definition) is 3. The summed E-state index contributed by atoms with van der Waals surface area (Å²) in [5, 5.41) is 0. The van der Waals surface area contributed by atoms with Gasteiger partial charge in [-0.05, 0) is 19.9 Å². The largest absolute Gasteiger partial charge is 0.397 e. The molecule has 6 N–H and O–H groups in total. The normalized spacial score (nSPS) is 11.4. The molecule has 0 fully saturated rings. The quantitative estimate of drug-likeness (QED) is 0.630. The van der Waals surface area contributed by atoms with E-state index in [1.165, 1.54) is 26.0 Å². The Hall–Kier alpha value is -1.78. The van der Waals surface area contributed by atoms with E-state index in [0.29, 0.717) is 0 Å². The molecule has 0 heterocycles. The topological polar surface area (TPSA) is 95.1 Å². The van der Waals surface area contributed by atoms with Gasteiger partial charge in [0.2, 0.25) is 5.91 Å². The molecule has 1 aromatic rings. The Bertz CT molecular complexity index is 415. The van der Waals surface area contributed by atoms with E-state index in [-0.39, 0.29) is 16.9 Å². The SMILES string of the molecule is CC(C)(C(N)=O)c1ccc(N)c(N)c1F. The zero-order valence-corrected chi connectivity index (χ0v) is 8.67. The summed E-state index contributed by atoms with van der Waals surface area (Å²) in [7, 11) is 0. The molecule has 1 amide bonds. The van der Waals surface area contributed by atoms with Crippen LogP contribution in [-0.4, -0.2) is 5.91 Å². The molecule has 0 unspecified atom stereocenters. The summed E-state index contributed by atoms with van der Waals surface area (Å²) in [6.07, 6.45) is 0. The average Bonchev–Trinajstić information content (AvgIpc) is 2.13. The number of benzene rings is 1. The molecule has 1 aromatic carbocycles. The first-order valence-corrected chi connectivity index (χ1v) is 4.42. The van der Waals surface area contributed by atoms with Crippen LogP contribution in [0.5, 0.6) is 0 Å². The Morgan fingerprint density at radius 1 is 1.33 bits per heavy atom. The molecule has 0 saturated heterocycles. The second-order valence-corrected chi connectivity index (χ2v) is 3.92. The second-order valence-electron chi connectivity index (χ2n) is 3.92. The summed E-state index contributed by atoms with van der Waals surface area (Å²) >= 11 is 0. The Balaban J connectivity index is 3.40. The summed E-state index contributed by atoms with van der Waals surface area (Å²) in [5.41, 5.74) is 15.1. The molecule has 0 aliphatic heterocycles. The molecule has 0 aliphatic rings. The van der Waals surface area contributed by atoms with Crippen molar-refractivity contribution >= 4 is 17.3 Å². The standard InChI is InChI=1S/C10H14FN3O/c1-10(2,9(14)15)5-3-4-6(12)8(13)7(5)11/h3-4H,12-13H2,1-2H3,(H2,14,15). The van der Waals surface area contributed by atoms with Gasteiger partial charge in [-0.25, -0.2) is 4.39 Å². The molecule has 1 rings (SSSR count). The molecular weight excluding hydrogens is 197 g/mol. The highest BCUT2D eigenvalue weighted by Gasteiger charge is 2.31. The number of anilines is 2. The van der Waals surface area contributed by atoms with Gasteiger partial charge in [-0.15, -0.1) is 0 Å². The monoisotopic (exact) mass is 211 g/mol. The van der Waals surface area contributed by atoms with Crippen molar-refractivity contribution in [1.82, 2.24) is 0 Å². The molecular formula is C10H14FN3O. The lowest BCUT2D eigenvalue weighted by atomic mass is 9.83. The van der Waals surface area contributed by atoms with E-state index >= 15 is 0 Å². The minimum atomic E-state index is -1.11. The van der Waals surface area contributed by atoms with Crippen molar-refractivity contribution in [3.8, 4) is 0 Å². The molecule has 5 heteroatoms. The fraction of sp³-hybridized carbons (Fsp3) is 0.300. The fourth-order valence-corrected chi connectivity index (χ4v) is 1.22. The number of nitrogens with two attached hydrogens (primary N) is 3. The van der Waals surface area contributed by atoms with E-state index in [1.807, 2.05) is 0 Å². The fourth-order valence-electron chi connectivity index (χ4n) is 1.22. The van der Waals surface area contributed by atoms with Crippen LogP contribution in [0.15, 0.2) is 12.1 Å². The van der Waals surface area contributed by atoms with Gasteiger partial charge in [-0.1, -0.05) is 6.07 Å². The van der Waals surface area contributed by atoms with Crippen molar-refractivity contribution < 1.29 is 9.18 Å². The van der Waals surface area contributed by atoms with Crippen LogP contribution < -0.4 is 17.2 Å². The van der Waals surface area contributed by atoms with Crippen molar-refractivity contribution in [2.24, 2.45) is 5.73 Å². The van der Waals surface area contributed by atoms with E-state index in [1.54, 1.807) is 0 Å². The number of primary amides is 1. The highest BCUT2D eigenvalue weighted by molar-refractivity contribution is 5.86. The van der Waals surface area contributed by atoms with E-state index in [4.69, 9.17) is 17.2 Å². The highest BCUT2D eigenvalue weighted by atomic mass is 19.1. The van der Waals surface area contributed by atoms with Gasteiger partial charge in [-0.3, -0.25) is 4.79 Å². The zero-order chi connectivity index (χ0) is 11.8. The number of hydrogen-bond acceptors (Lipinski definition) is 3. The Labute approximate surface area is 87.2 Å². The third-order valence-electron chi connectivity index (χ3n) is 2.50. The molecule has 0 bridgehead atoms. The summed E-state index contributed by atoms with van der Waals surface area (Å²) < 4.78 is 13.7. The van der Waals surface area contributed by atoms with Gasteiger partial charge in [0.25, 0.3) is 0 Å². The molecule has 82 valence electrons. The van der Waals surface area contributed by atoms with Crippen LogP contribution in [0.2, 0.25) is 0 Å². The predicted octanol–water partition coefficient (Wildman–Crippen LogP) is 0.753. The number of nitrogen functional groups attached to an aromatic ring is 2. The molecule has 4 nitrogen and oxygen atoms in total. The van der Waals surface area contributed by atoms with Crippen molar-refractivity contribution in [2.45, 2.75) is 19.3 Å². The molecule has 0 radical (unpaired) electrons. The molecule has 0 atom stereocenters. The van der Waals surface area contributed by atoms with E-state index in [0.717, 1.165) is 0 Å². The number of carbonyl (C=O) groups is 1. The number of amides is 1. The van der Waals surface area contributed by atoms with Crippen LogP contribution in [0.1, 0.15) is 19.4 Å². The van der Waals surface area contributed by atoms with Gasteiger partial charge in [0.05, 0.1) is 16.8 Å². The molecule has 0 aliphatic carbocycles. The maximum absolute atomic E-state index is 13.7. The summed E-state index contributed by atoms with van der Waals surface area (Å²) in [5.74, 6) is -1.30. The highest BCUT2D eigenvalue weighted by Crippen LogP contribution is 2.31. The van der Waals surface area contributed by atoms with Crippen molar-refractivity contribution in [3.05, 3.63) is 23.5 Å². The maximum Gasteiger partial charge on any atom is 0.227 e. The van der Waals surface area contributed by atoms with Gasteiger partial charge >= 0.3 is 0 Å². The summed E-state index contributed by atoms with van der Waals surface area (Å²) in [4.78, 5) is 11.2. The maximum atomic E-state index is 13.7. The van der Waals surface area contributed by atoms with Crippen LogP contribution >= 0.6 is 0 Å². The van der Waals surface area contributed by atoms with Gasteiger partial charge in [0.1, 0.15) is 0 Å². The molecule has 15 heavy (non-hydrogen) atoms. The van der Waals surface area contributed by atoms with Crippen molar-refractivity contribution in [1.29, 1.82) is 0 Å². The van der Waals surface area contributed by atoms with Crippen LogP contribution in [0.4, 0.5) is 15.8 Å². The molecule has 0 saturated carbocycles. The van der Waals surface area contributed by atoms with E-state index < -0.39 is 17.1 Å². The number of carbonyl (C=O) groups excluding carboxylic acids is 1. The van der Waals surface area contributed by atoms with Gasteiger partial charge in [-0.2, -0.15) is 0 Å². The first-order valence-electron chi connectivity index (χ1n) is 4.42.